The molecule has 0 bridgehead atoms. The van der Waals surface area contributed by atoms with Gasteiger partial charge in [-0.05, 0) is 39.7 Å². The minimum absolute atomic E-state index is 0.135. The van der Waals surface area contributed by atoms with Crippen LogP contribution < -0.4 is 0 Å². The number of amides is 1. The summed E-state index contributed by atoms with van der Waals surface area (Å²) in [5.74, 6) is 1.31. The Morgan fingerprint density at radius 1 is 1.00 bits per heavy atom. The first-order valence-corrected chi connectivity index (χ1v) is 10.3. The number of hydrogen-bond acceptors (Lipinski definition) is 6. The summed E-state index contributed by atoms with van der Waals surface area (Å²) in [6, 6.07) is 0. The van der Waals surface area contributed by atoms with Crippen LogP contribution in [0.3, 0.4) is 0 Å². The molecule has 3 fully saturated rings. The first kappa shape index (κ1) is 18.9. The number of ether oxygens (including phenoxy) is 1. The number of likely N-dealkylation sites (tertiary alicyclic amines) is 2. The van der Waals surface area contributed by atoms with Gasteiger partial charge in [-0.1, -0.05) is 5.16 Å². The van der Waals surface area contributed by atoms with E-state index in [4.69, 9.17) is 9.26 Å². The summed E-state index contributed by atoms with van der Waals surface area (Å²) in [5, 5.41) is 4.05. The van der Waals surface area contributed by atoms with E-state index in [-0.39, 0.29) is 5.41 Å². The molecule has 3 aliphatic rings. The van der Waals surface area contributed by atoms with E-state index in [2.05, 4.69) is 19.9 Å². The quantitative estimate of drug-likeness (QED) is 0.741. The van der Waals surface area contributed by atoms with Crippen LogP contribution in [0.1, 0.15) is 29.9 Å². The van der Waals surface area contributed by atoms with Gasteiger partial charge in [-0.3, -0.25) is 9.69 Å². The molecule has 1 aromatic heterocycles. The van der Waals surface area contributed by atoms with Gasteiger partial charge in [0.2, 0.25) is 5.91 Å². The molecule has 7 heteroatoms. The average Bonchev–Trinajstić information content (AvgIpc) is 3.33. The largest absolute Gasteiger partial charge is 0.379 e. The summed E-state index contributed by atoms with van der Waals surface area (Å²) in [5.41, 5.74) is 2.08. The molecule has 0 aromatic carbocycles. The Morgan fingerprint density at radius 2 is 1.78 bits per heavy atom. The van der Waals surface area contributed by atoms with Crippen molar-refractivity contribution >= 4 is 5.91 Å². The molecule has 0 aliphatic carbocycles. The van der Waals surface area contributed by atoms with Crippen molar-refractivity contribution in [2.24, 2.45) is 5.41 Å². The minimum atomic E-state index is -0.135. The first-order chi connectivity index (χ1) is 13.1. The highest BCUT2D eigenvalue weighted by atomic mass is 16.5. The molecule has 3 aliphatic heterocycles. The minimum Gasteiger partial charge on any atom is -0.379 e. The number of morpholine rings is 1. The van der Waals surface area contributed by atoms with E-state index in [1.54, 1.807) is 0 Å². The van der Waals surface area contributed by atoms with E-state index in [9.17, 15) is 4.79 Å². The van der Waals surface area contributed by atoms with Gasteiger partial charge in [0.05, 0.1) is 24.3 Å². The van der Waals surface area contributed by atoms with Gasteiger partial charge in [-0.25, -0.2) is 0 Å². The van der Waals surface area contributed by atoms with Gasteiger partial charge in [0.25, 0.3) is 0 Å². The highest BCUT2D eigenvalue weighted by molar-refractivity contribution is 5.85. The molecule has 4 rings (SSSR count). The van der Waals surface area contributed by atoms with Gasteiger partial charge in [-0.2, -0.15) is 0 Å². The van der Waals surface area contributed by atoms with Crippen LogP contribution in [0.25, 0.3) is 0 Å². The van der Waals surface area contributed by atoms with Crippen molar-refractivity contribution in [3.8, 4) is 0 Å². The van der Waals surface area contributed by atoms with Crippen LogP contribution in [0.15, 0.2) is 4.52 Å². The molecular weight excluding hydrogens is 344 g/mol. The monoisotopic (exact) mass is 376 g/mol. The lowest BCUT2D eigenvalue weighted by atomic mass is 9.85. The van der Waals surface area contributed by atoms with Crippen molar-refractivity contribution in [3.05, 3.63) is 17.0 Å². The van der Waals surface area contributed by atoms with E-state index in [0.29, 0.717) is 5.91 Å². The van der Waals surface area contributed by atoms with Crippen LogP contribution in [-0.4, -0.2) is 91.3 Å². The van der Waals surface area contributed by atoms with Crippen molar-refractivity contribution in [2.75, 3.05) is 65.6 Å². The number of carbonyl (C=O) groups excluding carboxylic acids is 1. The van der Waals surface area contributed by atoms with E-state index >= 15 is 0 Å². The standard InChI is InChI=1S/C20H32N4O3/c1-16-18(17(2)27-21-16)3-6-23-7-4-20(15-23)5-8-24(19(20)25)10-9-22-11-13-26-14-12-22/h3-15H2,1-2H3. The summed E-state index contributed by atoms with van der Waals surface area (Å²) in [7, 11) is 0. The van der Waals surface area contributed by atoms with E-state index < -0.39 is 0 Å². The van der Waals surface area contributed by atoms with E-state index in [1.165, 1.54) is 5.56 Å². The number of aryl methyl sites for hydroxylation is 2. The summed E-state index contributed by atoms with van der Waals surface area (Å²) in [6.07, 6.45) is 2.96. The van der Waals surface area contributed by atoms with Crippen molar-refractivity contribution < 1.29 is 14.1 Å². The van der Waals surface area contributed by atoms with Crippen LogP contribution in [0, 0.1) is 19.3 Å². The lowest BCUT2D eigenvalue weighted by molar-refractivity contribution is -0.135. The third-order valence-corrected chi connectivity index (χ3v) is 6.68. The predicted molar refractivity (Wildman–Crippen MR) is 102 cm³/mol. The number of carbonyl (C=O) groups is 1. The van der Waals surface area contributed by atoms with E-state index in [1.807, 2.05) is 13.8 Å². The lowest BCUT2D eigenvalue weighted by Gasteiger charge is -2.29. The predicted octanol–water partition coefficient (Wildman–Crippen LogP) is 1.09. The molecule has 1 spiro atoms. The Labute approximate surface area is 161 Å². The van der Waals surface area contributed by atoms with Crippen molar-refractivity contribution in [3.63, 3.8) is 0 Å². The maximum atomic E-state index is 13.1. The van der Waals surface area contributed by atoms with Crippen LogP contribution in [0.4, 0.5) is 0 Å². The van der Waals surface area contributed by atoms with Gasteiger partial charge in [0.15, 0.2) is 0 Å². The molecule has 1 amide bonds. The molecule has 7 nitrogen and oxygen atoms in total. The van der Waals surface area contributed by atoms with Gasteiger partial charge < -0.3 is 19.1 Å². The van der Waals surface area contributed by atoms with Crippen LogP contribution in [-0.2, 0) is 16.0 Å². The van der Waals surface area contributed by atoms with Crippen molar-refractivity contribution in [1.29, 1.82) is 0 Å². The number of aromatic nitrogens is 1. The van der Waals surface area contributed by atoms with Gasteiger partial charge in [-0.15, -0.1) is 0 Å². The molecule has 3 saturated heterocycles. The molecule has 4 heterocycles. The number of rotatable bonds is 6. The summed E-state index contributed by atoms with van der Waals surface area (Å²) in [4.78, 5) is 20.1. The molecule has 1 aromatic rings. The fourth-order valence-electron chi connectivity index (χ4n) is 4.85. The van der Waals surface area contributed by atoms with Gasteiger partial charge in [0.1, 0.15) is 5.76 Å². The summed E-state index contributed by atoms with van der Waals surface area (Å²) >= 11 is 0. The summed E-state index contributed by atoms with van der Waals surface area (Å²) in [6.45, 7) is 13.3. The second-order valence-electron chi connectivity index (χ2n) is 8.36. The third kappa shape index (κ3) is 3.91. The first-order valence-electron chi connectivity index (χ1n) is 10.3. The average molecular weight is 377 g/mol. The Kier molecular flexibility index (Phi) is 5.53. The van der Waals surface area contributed by atoms with E-state index in [0.717, 1.165) is 96.3 Å². The molecule has 0 radical (unpaired) electrons. The topological polar surface area (TPSA) is 62.1 Å². The Hall–Kier alpha value is -1.44. The molecule has 0 saturated carbocycles. The Bertz CT molecular complexity index is 651. The van der Waals surface area contributed by atoms with Gasteiger partial charge >= 0.3 is 0 Å². The zero-order valence-electron chi connectivity index (χ0n) is 16.7. The highest BCUT2D eigenvalue weighted by Crippen LogP contribution is 2.40. The number of hydrogen-bond donors (Lipinski definition) is 0. The van der Waals surface area contributed by atoms with Crippen molar-refractivity contribution in [2.45, 2.75) is 33.1 Å². The molecule has 0 N–H and O–H groups in total. The highest BCUT2D eigenvalue weighted by Gasteiger charge is 2.50. The zero-order chi connectivity index (χ0) is 18.9. The fourth-order valence-corrected chi connectivity index (χ4v) is 4.85. The van der Waals surface area contributed by atoms with Crippen LogP contribution in [0.2, 0.25) is 0 Å². The van der Waals surface area contributed by atoms with Crippen molar-refractivity contribution in [1.82, 2.24) is 19.9 Å². The molecule has 1 atom stereocenters. The third-order valence-electron chi connectivity index (χ3n) is 6.68. The zero-order valence-corrected chi connectivity index (χ0v) is 16.7. The maximum Gasteiger partial charge on any atom is 0.230 e. The maximum absolute atomic E-state index is 13.1. The second kappa shape index (κ2) is 7.89. The Balaban J connectivity index is 1.27. The van der Waals surface area contributed by atoms with Gasteiger partial charge in [0, 0.05) is 51.4 Å². The Morgan fingerprint density at radius 3 is 2.52 bits per heavy atom. The molecule has 27 heavy (non-hydrogen) atoms. The molecular formula is C20H32N4O3. The smallest absolute Gasteiger partial charge is 0.230 e. The molecule has 1 unspecified atom stereocenters. The summed E-state index contributed by atoms with van der Waals surface area (Å²) < 4.78 is 10.7. The van der Waals surface area contributed by atoms with Crippen LogP contribution >= 0.6 is 0 Å². The molecule has 150 valence electrons. The fraction of sp³-hybridized carbons (Fsp3) is 0.800. The lowest BCUT2D eigenvalue weighted by Crippen LogP contribution is -2.43. The number of nitrogens with zero attached hydrogens (tertiary/aromatic N) is 4. The SMILES string of the molecule is Cc1noc(C)c1CCN1CCC2(CCN(CCN3CCOCC3)C2=O)C1. The van der Waals surface area contributed by atoms with Crippen LogP contribution in [0.5, 0.6) is 0 Å². The second-order valence-corrected chi connectivity index (χ2v) is 8.36. The normalized spacial score (nSPS) is 27.3.